The summed E-state index contributed by atoms with van der Waals surface area (Å²) >= 11 is 0. The van der Waals surface area contributed by atoms with Crippen LogP contribution in [0.5, 0.6) is 0 Å². The van der Waals surface area contributed by atoms with Gasteiger partial charge in [0.05, 0.1) is 13.7 Å². The summed E-state index contributed by atoms with van der Waals surface area (Å²) in [6.45, 7) is 0.0109. The Bertz CT molecular complexity index is 1010. The fourth-order valence-corrected chi connectivity index (χ4v) is 3.16. The van der Waals surface area contributed by atoms with E-state index in [-0.39, 0.29) is 6.61 Å². The smallest absolute Gasteiger partial charge is 0.330 e. The van der Waals surface area contributed by atoms with Crippen molar-refractivity contribution in [2.24, 2.45) is 0 Å². The fraction of sp³-hybridized carbons (Fsp3) is 0.182. The number of esters is 1. The van der Waals surface area contributed by atoms with Crippen LogP contribution in [0.3, 0.4) is 0 Å². The molecule has 0 spiro atoms. The van der Waals surface area contributed by atoms with E-state index in [2.05, 4.69) is 5.32 Å². The highest BCUT2D eigenvalue weighted by molar-refractivity contribution is 6.07. The van der Waals surface area contributed by atoms with E-state index in [4.69, 9.17) is 15.2 Å². The largest absolute Gasteiger partial charge is 0.467 e. The summed E-state index contributed by atoms with van der Waals surface area (Å²) in [6, 6.07) is 18.0. The van der Waals surface area contributed by atoms with Gasteiger partial charge in [0.25, 0.3) is 5.91 Å². The number of fused-ring (bicyclic) bond motifs is 1. The Labute approximate surface area is 163 Å². The summed E-state index contributed by atoms with van der Waals surface area (Å²) in [7, 11) is 2.72. The van der Waals surface area contributed by atoms with Gasteiger partial charge in [-0.3, -0.25) is 4.79 Å². The van der Waals surface area contributed by atoms with Crippen LogP contribution in [0.15, 0.2) is 60.7 Å². The standard InChI is InChI=1S/C22H22N2O4/c1-27-13-20(22(26)28-2)24-21(25)18-11-10-15(23)12-19(18)17-9-5-7-14-6-3-4-8-16(14)17/h3-12,20H,13,23H2,1-2H3,(H,24,25)/t20-/m0/s1. The summed E-state index contributed by atoms with van der Waals surface area (Å²) in [5, 5.41) is 4.75. The molecule has 0 unspecified atom stereocenters. The average Bonchev–Trinajstić information content (AvgIpc) is 2.72. The molecule has 6 heteroatoms. The van der Waals surface area contributed by atoms with Gasteiger partial charge in [0.1, 0.15) is 0 Å². The molecule has 1 atom stereocenters. The van der Waals surface area contributed by atoms with Gasteiger partial charge in [0.2, 0.25) is 0 Å². The molecule has 0 bridgehead atoms. The van der Waals surface area contributed by atoms with E-state index in [0.717, 1.165) is 16.3 Å². The Morgan fingerprint density at radius 2 is 1.75 bits per heavy atom. The van der Waals surface area contributed by atoms with Crippen molar-refractivity contribution in [1.82, 2.24) is 5.32 Å². The lowest BCUT2D eigenvalue weighted by Gasteiger charge is -2.18. The van der Waals surface area contributed by atoms with Crippen LogP contribution in [0.1, 0.15) is 10.4 Å². The van der Waals surface area contributed by atoms with Crippen molar-refractivity contribution >= 4 is 28.3 Å². The molecule has 6 nitrogen and oxygen atoms in total. The van der Waals surface area contributed by atoms with Crippen LogP contribution in [0.25, 0.3) is 21.9 Å². The monoisotopic (exact) mass is 378 g/mol. The number of rotatable bonds is 6. The molecular weight excluding hydrogens is 356 g/mol. The van der Waals surface area contributed by atoms with Crippen LogP contribution in [-0.4, -0.2) is 38.7 Å². The predicted octanol–water partition coefficient (Wildman–Crippen LogP) is 3.01. The molecule has 1 amide bonds. The molecule has 28 heavy (non-hydrogen) atoms. The highest BCUT2D eigenvalue weighted by Gasteiger charge is 2.24. The van der Waals surface area contributed by atoms with Crippen LogP contribution in [0.2, 0.25) is 0 Å². The fourth-order valence-electron chi connectivity index (χ4n) is 3.16. The Kier molecular flexibility index (Phi) is 5.91. The quantitative estimate of drug-likeness (QED) is 0.508. The van der Waals surface area contributed by atoms with Crippen molar-refractivity contribution in [2.75, 3.05) is 26.6 Å². The van der Waals surface area contributed by atoms with E-state index in [1.165, 1.54) is 14.2 Å². The number of nitrogens with one attached hydrogen (secondary N) is 1. The lowest BCUT2D eigenvalue weighted by molar-refractivity contribution is -0.144. The van der Waals surface area contributed by atoms with Gasteiger partial charge in [0, 0.05) is 18.4 Å². The molecule has 3 aromatic carbocycles. The molecule has 3 rings (SSSR count). The van der Waals surface area contributed by atoms with Gasteiger partial charge in [0.15, 0.2) is 6.04 Å². The van der Waals surface area contributed by atoms with Crippen molar-refractivity contribution in [3.63, 3.8) is 0 Å². The summed E-state index contributed by atoms with van der Waals surface area (Å²) < 4.78 is 9.76. The zero-order valence-electron chi connectivity index (χ0n) is 15.8. The van der Waals surface area contributed by atoms with E-state index in [1.54, 1.807) is 18.2 Å². The van der Waals surface area contributed by atoms with Gasteiger partial charge in [-0.25, -0.2) is 4.79 Å². The first-order valence-electron chi connectivity index (χ1n) is 8.80. The number of ether oxygens (including phenoxy) is 2. The lowest BCUT2D eigenvalue weighted by Crippen LogP contribution is -2.44. The number of hydrogen-bond donors (Lipinski definition) is 2. The van der Waals surface area contributed by atoms with Crippen molar-refractivity contribution in [3.8, 4) is 11.1 Å². The normalized spacial score (nSPS) is 11.8. The van der Waals surface area contributed by atoms with Crippen LogP contribution in [0, 0.1) is 0 Å². The summed E-state index contributed by atoms with van der Waals surface area (Å²) in [4.78, 5) is 24.9. The number of nitrogen functional groups attached to an aromatic ring is 1. The Hall–Kier alpha value is -3.38. The molecule has 0 aliphatic carbocycles. The second-order valence-corrected chi connectivity index (χ2v) is 6.34. The van der Waals surface area contributed by atoms with Crippen LogP contribution >= 0.6 is 0 Å². The van der Waals surface area contributed by atoms with Gasteiger partial charge in [-0.2, -0.15) is 0 Å². The highest BCUT2D eigenvalue weighted by atomic mass is 16.5. The van der Waals surface area contributed by atoms with Gasteiger partial charge < -0.3 is 20.5 Å². The highest BCUT2D eigenvalue weighted by Crippen LogP contribution is 2.32. The molecule has 0 aliphatic heterocycles. The number of methoxy groups -OCH3 is 2. The molecule has 0 saturated carbocycles. The number of benzene rings is 3. The van der Waals surface area contributed by atoms with Crippen molar-refractivity contribution in [3.05, 3.63) is 66.2 Å². The maximum Gasteiger partial charge on any atom is 0.330 e. The molecule has 3 N–H and O–H groups in total. The molecule has 0 aromatic heterocycles. The second kappa shape index (κ2) is 8.54. The lowest BCUT2D eigenvalue weighted by atomic mass is 9.93. The van der Waals surface area contributed by atoms with Gasteiger partial charge in [-0.1, -0.05) is 42.5 Å². The van der Waals surface area contributed by atoms with Crippen LogP contribution in [0.4, 0.5) is 5.69 Å². The molecule has 144 valence electrons. The van der Waals surface area contributed by atoms with Crippen molar-refractivity contribution in [1.29, 1.82) is 0 Å². The number of anilines is 1. The summed E-state index contributed by atoms with van der Waals surface area (Å²) in [5.41, 5.74) is 8.53. The molecule has 0 heterocycles. The summed E-state index contributed by atoms with van der Waals surface area (Å²) in [6.07, 6.45) is 0. The number of amides is 1. The number of hydrogen-bond acceptors (Lipinski definition) is 5. The molecule has 0 radical (unpaired) electrons. The van der Waals surface area contributed by atoms with Crippen molar-refractivity contribution in [2.45, 2.75) is 6.04 Å². The third-order valence-corrected chi connectivity index (χ3v) is 4.49. The third kappa shape index (κ3) is 3.97. The van der Waals surface area contributed by atoms with Crippen LogP contribution in [-0.2, 0) is 14.3 Å². The van der Waals surface area contributed by atoms with Gasteiger partial charge in [-0.15, -0.1) is 0 Å². The zero-order valence-corrected chi connectivity index (χ0v) is 15.8. The minimum atomic E-state index is -0.902. The maximum absolute atomic E-state index is 13.0. The Morgan fingerprint density at radius 3 is 2.50 bits per heavy atom. The SMILES string of the molecule is COC[C@H](NC(=O)c1ccc(N)cc1-c1cccc2ccccc12)C(=O)OC. The van der Waals surface area contributed by atoms with E-state index < -0.39 is 17.9 Å². The first-order chi connectivity index (χ1) is 13.5. The second-order valence-electron chi connectivity index (χ2n) is 6.34. The molecule has 0 saturated heterocycles. The molecule has 3 aromatic rings. The molecule has 0 fully saturated rings. The topological polar surface area (TPSA) is 90.6 Å². The first kappa shape index (κ1) is 19.4. The van der Waals surface area contributed by atoms with E-state index in [1.807, 2.05) is 42.5 Å². The average molecular weight is 378 g/mol. The maximum atomic E-state index is 13.0. The number of carbonyl (C=O) groups is 2. The third-order valence-electron chi connectivity index (χ3n) is 4.49. The zero-order chi connectivity index (χ0) is 20.1. The van der Waals surface area contributed by atoms with Gasteiger partial charge in [-0.05, 0) is 40.1 Å². The van der Waals surface area contributed by atoms with Crippen LogP contribution < -0.4 is 11.1 Å². The van der Waals surface area contributed by atoms with E-state index >= 15 is 0 Å². The van der Waals surface area contributed by atoms with E-state index in [9.17, 15) is 9.59 Å². The summed E-state index contributed by atoms with van der Waals surface area (Å²) in [5.74, 6) is -0.979. The number of nitrogens with two attached hydrogens (primary N) is 1. The molecule has 0 aliphatic rings. The minimum Gasteiger partial charge on any atom is -0.467 e. The Morgan fingerprint density at radius 1 is 1.00 bits per heavy atom. The van der Waals surface area contributed by atoms with Crippen molar-refractivity contribution < 1.29 is 19.1 Å². The number of carbonyl (C=O) groups excluding carboxylic acids is 2. The van der Waals surface area contributed by atoms with Gasteiger partial charge >= 0.3 is 5.97 Å². The predicted molar refractivity (Wildman–Crippen MR) is 109 cm³/mol. The molecular formula is C22H22N2O4. The van der Waals surface area contributed by atoms with E-state index in [0.29, 0.717) is 16.8 Å². The minimum absolute atomic E-state index is 0.0109. The Balaban J connectivity index is 2.06. The first-order valence-corrected chi connectivity index (χ1v) is 8.80.